The second-order valence-corrected chi connectivity index (χ2v) is 16.1. The lowest BCUT2D eigenvalue weighted by molar-refractivity contribution is -0.0541. The largest absolute Gasteiger partial charge is 0.387 e. The van der Waals surface area contributed by atoms with Gasteiger partial charge in [0.25, 0.3) is 0 Å². The number of aromatic nitrogens is 4. The van der Waals surface area contributed by atoms with Gasteiger partial charge in [0.15, 0.2) is 17.8 Å². The first-order valence-corrected chi connectivity index (χ1v) is 17.4. The third-order valence-corrected chi connectivity index (χ3v) is 10.8. The van der Waals surface area contributed by atoms with Crippen molar-refractivity contribution in [1.29, 1.82) is 0 Å². The van der Waals surface area contributed by atoms with E-state index in [2.05, 4.69) is 24.9 Å². The van der Waals surface area contributed by atoms with Gasteiger partial charge in [-0.1, -0.05) is 31.6 Å². The van der Waals surface area contributed by atoms with Crippen molar-refractivity contribution in [2.45, 2.75) is 42.4 Å². The topological polar surface area (TPSA) is 209 Å². The number of halogens is 6. The molecule has 2 aromatic heterocycles. The molecule has 0 aliphatic carbocycles. The average Bonchev–Trinajstić information content (AvgIpc) is 3.35. The van der Waals surface area contributed by atoms with Gasteiger partial charge in [0.05, 0.1) is 18.2 Å². The molecule has 1 aliphatic rings. The first-order chi connectivity index (χ1) is 18.9. The Labute approximate surface area is 237 Å². The summed E-state index contributed by atoms with van der Waals surface area (Å²) in [5.41, 5.74) is 0.115. The van der Waals surface area contributed by atoms with Crippen LogP contribution in [-0.4, -0.2) is 75.5 Å². The molecule has 0 amide bonds. The van der Waals surface area contributed by atoms with E-state index in [-0.39, 0.29) is 39.8 Å². The van der Waals surface area contributed by atoms with Crippen LogP contribution in [0.3, 0.4) is 0 Å². The van der Waals surface area contributed by atoms with Gasteiger partial charge in [0, 0.05) is 6.04 Å². The molecule has 3 heterocycles. The molecule has 0 saturated carbocycles. The summed E-state index contributed by atoms with van der Waals surface area (Å²) >= 11 is 6.03. The molecule has 1 fully saturated rings. The molecule has 1 aliphatic heterocycles. The van der Waals surface area contributed by atoms with E-state index in [9.17, 15) is 43.7 Å². The lowest BCUT2D eigenvalue weighted by Gasteiger charge is -2.40. The molecule has 3 aromatic rings. The Bertz CT molecular complexity index is 1600. The summed E-state index contributed by atoms with van der Waals surface area (Å²) in [5, 5.41) is 27.6. The zero-order chi connectivity index (χ0) is 31.5. The van der Waals surface area contributed by atoms with Crippen LogP contribution < -0.4 is 5.32 Å². The van der Waals surface area contributed by atoms with Crippen LogP contribution in [0, 0.1) is 0 Å². The zero-order valence-electron chi connectivity index (χ0n) is 20.9. The van der Waals surface area contributed by atoms with E-state index in [4.69, 9.17) is 26.1 Å². The van der Waals surface area contributed by atoms with Gasteiger partial charge in [-0.25, -0.2) is 4.68 Å². The second kappa shape index (κ2) is 10.3. The van der Waals surface area contributed by atoms with Gasteiger partial charge >= 0.3 is 25.4 Å². The molecule has 0 radical (unpaired) electrons. The molecule has 4 rings (SSSR count). The van der Waals surface area contributed by atoms with Crippen LogP contribution in [0.25, 0.3) is 11.0 Å². The van der Waals surface area contributed by atoms with Gasteiger partial charge in [-0.05, 0) is 36.2 Å². The number of nitrogens with zero attached hydrogens (tertiary/aromatic N) is 4. The van der Waals surface area contributed by atoms with E-state index >= 15 is 0 Å². The van der Waals surface area contributed by atoms with Crippen molar-refractivity contribution in [3.63, 3.8) is 0 Å². The van der Waals surface area contributed by atoms with Crippen molar-refractivity contribution in [2.24, 2.45) is 0 Å². The smallest absolute Gasteiger partial charge is 0.340 e. The quantitative estimate of drug-likeness (QED) is 0.1000. The highest BCUT2D eigenvalue weighted by Crippen LogP contribution is 3.02. The van der Waals surface area contributed by atoms with E-state index in [0.717, 1.165) is 16.8 Å². The predicted octanol–water partition coefficient (Wildman–Crippen LogP) is 4.27. The third kappa shape index (κ3) is 7.57. The maximum absolute atomic E-state index is 13.0. The van der Waals surface area contributed by atoms with Crippen LogP contribution >= 0.6 is 37.0 Å². The van der Waals surface area contributed by atoms with Crippen molar-refractivity contribution < 1.29 is 62.7 Å². The van der Waals surface area contributed by atoms with Gasteiger partial charge in [-0.15, -0.1) is 0 Å². The maximum Gasteiger partial charge on any atom is 0.340 e. The normalized spacial score (nSPS) is 25.5. The van der Waals surface area contributed by atoms with Crippen molar-refractivity contribution in [3.05, 3.63) is 41.3 Å². The Morgan fingerprint density at radius 1 is 1.10 bits per heavy atom. The molecule has 23 heteroatoms. The minimum Gasteiger partial charge on any atom is -0.387 e. The number of hydrogen-bond donors (Lipinski definition) is 6. The van der Waals surface area contributed by atoms with Gasteiger partial charge in [-0.3, -0.25) is 9.13 Å². The van der Waals surface area contributed by atoms with Crippen molar-refractivity contribution in [1.82, 2.24) is 19.7 Å². The highest BCUT2D eigenvalue weighted by molar-refractivity contribution is 8.45. The number of anilines is 1. The Kier molecular flexibility index (Phi) is 8.08. The lowest BCUT2D eigenvalue weighted by atomic mass is 10.1. The fourth-order valence-corrected chi connectivity index (χ4v) is 7.41. The number of hydrogen-bond acceptors (Lipinski definition) is 10. The van der Waals surface area contributed by atoms with Crippen LogP contribution in [0.5, 0.6) is 0 Å². The molecule has 2 unspecified atom stereocenters. The van der Waals surface area contributed by atoms with E-state index in [0.29, 0.717) is 0 Å². The number of fused-ring (bicyclic) bond motifs is 1. The van der Waals surface area contributed by atoms with Gasteiger partial charge < -0.3 is 39.5 Å². The van der Waals surface area contributed by atoms with E-state index in [1.165, 1.54) is 13.1 Å². The van der Waals surface area contributed by atoms with Gasteiger partial charge in [0.1, 0.15) is 29.0 Å². The Hall–Kier alpha value is -1.96. The van der Waals surface area contributed by atoms with Crippen LogP contribution in [0.4, 0.5) is 25.2 Å². The zero-order valence-corrected chi connectivity index (χ0v) is 24.3. The molecule has 6 N–H and O–H groups in total. The van der Waals surface area contributed by atoms with Gasteiger partial charge in [-0.2, -0.15) is 15.1 Å². The summed E-state index contributed by atoms with van der Waals surface area (Å²) in [5.74, 6) is -1.48. The molecule has 0 spiro atoms. The molecular formula is C19H23ClF5N5O9P2S. The lowest BCUT2D eigenvalue weighted by Crippen LogP contribution is -2.33. The van der Waals surface area contributed by atoms with E-state index in [1.807, 2.05) is 0 Å². The summed E-state index contributed by atoms with van der Waals surface area (Å²) in [6.45, 7) is 0.653. The predicted molar refractivity (Wildman–Crippen MR) is 139 cm³/mol. The van der Waals surface area contributed by atoms with E-state index in [1.54, 1.807) is 0 Å². The molecular weight excluding hydrogens is 667 g/mol. The maximum atomic E-state index is 13.0. The monoisotopic (exact) mass is 689 g/mol. The molecule has 1 saturated heterocycles. The first-order valence-electron chi connectivity index (χ1n) is 11.5. The van der Waals surface area contributed by atoms with Crippen LogP contribution in [0.1, 0.15) is 24.8 Å². The van der Waals surface area contributed by atoms with Crippen LogP contribution in [-0.2, 0) is 18.4 Å². The summed E-state index contributed by atoms with van der Waals surface area (Å²) < 4.78 is 99.3. The summed E-state index contributed by atoms with van der Waals surface area (Å²) in [6.07, 6.45) is -5.15. The number of ether oxygens (including phenoxy) is 1. The molecule has 14 nitrogen and oxygen atoms in total. The van der Waals surface area contributed by atoms with E-state index < -0.39 is 73.4 Å². The highest BCUT2D eigenvalue weighted by Gasteiger charge is 2.65. The number of benzene rings is 1. The molecule has 1 aromatic carbocycles. The minimum absolute atomic E-state index is 0.00659. The third-order valence-electron chi connectivity index (χ3n) is 5.99. The fourth-order valence-electron chi connectivity index (χ4n) is 4.03. The Balaban J connectivity index is 1.55. The minimum atomic E-state index is -9.86. The SMILES string of the molecule is C[C@H](Nc1nc(Cl)nc2c1cnn2[C@@H]1O[C@H](COP(=O)(O)CP(=O)(O)O)C(O)[C@@H]1O)c1ccc(S(F)(F)(F)(F)F)cc1. The molecule has 6 atom stereocenters. The number of aliphatic hydroxyl groups is 2. The number of aliphatic hydroxyl groups excluding tert-OH is 2. The fraction of sp³-hybridized carbons (Fsp3) is 0.421. The second-order valence-electron chi connectivity index (χ2n) is 9.36. The summed E-state index contributed by atoms with van der Waals surface area (Å²) in [7, 11) is -19.6. The first kappa shape index (κ1) is 32.9. The summed E-state index contributed by atoms with van der Waals surface area (Å²) in [4.78, 5) is 33.4. The molecule has 42 heavy (non-hydrogen) atoms. The van der Waals surface area contributed by atoms with Crippen molar-refractivity contribution in [3.8, 4) is 0 Å². The Morgan fingerprint density at radius 3 is 2.29 bits per heavy atom. The van der Waals surface area contributed by atoms with Crippen molar-refractivity contribution in [2.75, 3.05) is 17.8 Å². The summed E-state index contributed by atoms with van der Waals surface area (Å²) in [6, 6.07) is 1.47. The molecule has 236 valence electrons. The number of rotatable bonds is 10. The van der Waals surface area contributed by atoms with Crippen LogP contribution in [0.15, 0.2) is 35.4 Å². The van der Waals surface area contributed by atoms with Crippen LogP contribution in [0.2, 0.25) is 5.28 Å². The van der Waals surface area contributed by atoms with Crippen molar-refractivity contribution >= 4 is 53.9 Å². The average molecular weight is 690 g/mol. The standard InChI is InChI=1S/C19H23ClF5N5O9P2S/c1-9(10-2-4-11(5-3-10)42(21,22,23,24)25)27-16-12-6-26-30(17(12)29-19(20)28-16)18-15(32)14(31)13(39-18)7-38-41(36,37)8-40(33,34)35/h2-6,9,13-15,18,31-32H,7-8H2,1H3,(H,36,37)(H,27,28,29)(H2,33,34,35)/t9-,13+,14?,15-,18+/m0/s1. The Morgan fingerprint density at radius 2 is 1.71 bits per heavy atom. The number of nitrogens with one attached hydrogen (secondary N) is 1. The van der Waals surface area contributed by atoms with Gasteiger partial charge in [0.2, 0.25) is 5.28 Å². The highest BCUT2D eigenvalue weighted by atomic mass is 35.5. The molecule has 0 bridgehead atoms.